The van der Waals surface area contributed by atoms with E-state index in [2.05, 4.69) is 34.7 Å². The zero-order valence-electron chi connectivity index (χ0n) is 16.0. The second kappa shape index (κ2) is 7.43. The second-order valence-corrected chi connectivity index (χ2v) is 9.61. The molecule has 3 heterocycles. The third-order valence-corrected chi connectivity index (χ3v) is 7.44. The molecule has 1 spiro atoms. The SMILES string of the molecule is CN1CCC2(CC1)Nc1cc(Cl)c(Cl)cc1N=C2NCc1nc2ccccc2s1. The minimum atomic E-state index is -0.229. The number of halogens is 2. The summed E-state index contributed by atoms with van der Waals surface area (Å²) in [6, 6.07) is 11.9. The molecule has 0 saturated carbocycles. The number of fused-ring (bicyclic) bond motifs is 2. The van der Waals surface area contributed by atoms with Gasteiger partial charge in [0.1, 0.15) is 10.8 Å². The molecule has 150 valence electrons. The molecule has 5 rings (SSSR count). The number of nitrogens with zero attached hydrogens (tertiary/aromatic N) is 3. The predicted molar refractivity (Wildman–Crippen MR) is 123 cm³/mol. The van der Waals surface area contributed by atoms with Crippen LogP contribution in [0.1, 0.15) is 17.8 Å². The third-order valence-electron chi connectivity index (χ3n) is 5.68. The molecule has 8 heteroatoms. The molecule has 2 N–H and O–H groups in total. The van der Waals surface area contributed by atoms with E-state index in [1.54, 1.807) is 11.3 Å². The van der Waals surface area contributed by atoms with Gasteiger partial charge in [-0.05, 0) is 44.2 Å². The minimum absolute atomic E-state index is 0.229. The summed E-state index contributed by atoms with van der Waals surface area (Å²) in [5.41, 5.74) is 2.57. The van der Waals surface area contributed by atoms with Crippen molar-refractivity contribution in [3.8, 4) is 0 Å². The van der Waals surface area contributed by atoms with Crippen LogP contribution >= 0.6 is 34.5 Å². The lowest BCUT2D eigenvalue weighted by molar-refractivity contribution is 0.238. The van der Waals surface area contributed by atoms with Crippen molar-refractivity contribution in [1.29, 1.82) is 0 Å². The fraction of sp³-hybridized carbons (Fsp3) is 0.333. The fourth-order valence-corrected chi connectivity index (χ4v) is 5.23. The predicted octanol–water partition coefficient (Wildman–Crippen LogP) is 5.31. The van der Waals surface area contributed by atoms with E-state index in [0.717, 1.165) is 53.7 Å². The molecule has 2 aromatic carbocycles. The molecular weight excluding hydrogens is 425 g/mol. The van der Waals surface area contributed by atoms with Gasteiger partial charge in [0, 0.05) is 13.1 Å². The second-order valence-electron chi connectivity index (χ2n) is 7.68. The van der Waals surface area contributed by atoms with E-state index in [4.69, 9.17) is 33.2 Å². The van der Waals surface area contributed by atoms with Gasteiger partial charge in [-0.3, -0.25) is 0 Å². The summed E-state index contributed by atoms with van der Waals surface area (Å²) in [6.45, 7) is 2.66. The lowest BCUT2D eigenvalue weighted by Gasteiger charge is -2.45. The van der Waals surface area contributed by atoms with Crippen LogP contribution in [-0.2, 0) is 6.54 Å². The summed E-state index contributed by atoms with van der Waals surface area (Å²) in [6.07, 6.45) is 1.93. The molecular formula is C21H21Cl2N5S. The number of anilines is 1. The van der Waals surface area contributed by atoms with Gasteiger partial charge in [0.2, 0.25) is 0 Å². The van der Waals surface area contributed by atoms with E-state index in [1.165, 1.54) is 4.70 Å². The first kappa shape index (κ1) is 19.1. The van der Waals surface area contributed by atoms with Crippen LogP contribution in [0.25, 0.3) is 10.2 Å². The Balaban J connectivity index is 1.47. The number of hydrogen-bond donors (Lipinski definition) is 2. The molecule has 0 unspecified atom stereocenters. The number of likely N-dealkylation sites (tertiary alicyclic amines) is 1. The molecule has 0 amide bonds. The van der Waals surface area contributed by atoms with E-state index >= 15 is 0 Å². The van der Waals surface area contributed by atoms with E-state index in [9.17, 15) is 0 Å². The van der Waals surface area contributed by atoms with Crippen molar-refractivity contribution < 1.29 is 0 Å². The molecule has 1 aromatic heterocycles. The Labute approximate surface area is 183 Å². The van der Waals surface area contributed by atoms with Gasteiger partial charge in [-0.2, -0.15) is 0 Å². The molecule has 29 heavy (non-hydrogen) atoms. The van der Waals surface area contributed by atoms with Gasteiger partial charge in [0.25, 0.3) is 0 Å². The fourth-order valence-electron chi connectivity index (χ4n) is 4.00. The van der Waals surface area contributed by atoms with Gasteiger partial charge in [0.05, 0.1) is 43.7 Å². The lowest BCUT2D eigenvalue weighted by atomic mass is 9.84. The number of aromatic nitrogens is 1. The molecule has 0 atom stereocenters. The first-order valence-electron chi connectivity index (χ1n) is 9.66. The van der Waals surface area contributed by atoms with E-state index in [0.29, 0.717) is 16.6 Å². The summed E-state index contributed by atoms with van der Waals surface area (Å²) < 4.78 is 1.20. The number of amidine groups is 1. The van der Waals surface area contributed by atoms with Crippen molar-refractivity contribution in [1.82, 2.24) is 15.2 Å². The highest BCUT2D eigenvalue weighted by Gasteiger charge is 2.41. The lowest BCUT2D eigenvalue weighted by Crippen LogP contribution is -2.58. The van der Waals surface area contributed by atoms with Crippen LogP contribution in [0, 0.1) is 0 Å². The average Bonchev–Trinajstić information content (AvgIpc) is 3.13. The third kappa shape index (κ3) is 3.59. The van der Waals surface area contributed by atoms with Crippen LogP contribution < -0.4 is 10.6 Å². The molecule has 0 radical (unpaired) electrons. The first-order chi connectivity index (χ1) is 14.0. The summed E-state index contributed by atoms with van der Waals surface area (Å²) >= 11 is 14.2. The van der Waals surface area contributed by atoms with Crippen LogP contribution in [0.15, 0.2) is 41.4 Å². The molecule has 5 nitrogen and oxygen atoms in total. The Kier molecular flexibility index (Phi) is 4.90. The molecule has 2 aliphatic heterocycles. The molecule has 1 fully saturated rings. The van der Waals surface area contributed by atoms with E-state index < -0.39 is 0 Å². The molecule has 1 saturated heterocycles. The Morgan fingerprint density at radius 3 is 2.72 bits per heavy atom. The number of aliphatic imine (C=N–C) groups is 1. The Morgan fingerprint density at radius 2 is 1.93 bits per heavy atom. The van der Waals surface area contributed by atoms with Gasteiger partial charge in [-0.1, -0.05) is 35.3 Å². The van der Waals surface area contributed by atoms with Crippen molar-refractivity contribution >= 4 is 62.0 Å². The number of thiazole rings is 1. The van der Waals surface area contributed by atoms with Gasteiger partial charge >= 0.3 is 0 Å². The maximum Gasteiger partial charge on any atom is 0.129 e. The van der Waals surface area contributed by atoms with Gasteiger partial charge < -0.3 is 15.5 Å². The van der Waals surface area contributed by atoms with Crippen LogP contribution in [-0.4, -0.2) is 41.4 Å². The van der Waals surface area contributed by atoms with E-state index in [1.807, 2.05) is 24.3 Å². The number of rotatable bonds is 2. The van der Waals surface area contributed by atoms with Crippen LogP contribution in [0.5, 0.6) is 0 Å². The monoisotopic (exact) mass is 445 g/mol. The molecule has 3 aromatic rings. The number of para-hydroxylation sites is 1. The normalized spacial score (nSPS) is 18.4. The highest BCUT2D eigenvalue weighted by molar-refractivity contribution is 7.18. The average molecular weight is 446 g/mol. The zero-order chi connectivity index (χ0) is 20.0. The number of piperidine rings is 1. The highest BCUT2D eigenvalue weighted by atomic mass is 35.5. The Bertz CT molecular complexity index is 1070. The molecule has 0 bridgehead atoms. The maximum atomic E-state index is 6.26. The summed E-state index contributed by atoms with van der Waals surface area (Å²) in [4.78, 5) is 12.1. The van der Waals surface area contributed by atoms with Crippen molar-refractivity contribution in [2.45, 2.75) is 24.9 Å². The number of benzene rings is 2. The Hall–Kier alpha value is -1.86. The molecule has 2 aliphatic rings. The van der Waals surface area contributed by atoms with Gasteiger partial charge in [0.15, 0.2) is 0 Å². The van der Waals surface area contributed by atoms with Crippen LogP contribution in [0.2, 0.25) is 10.0 Å². The van der Waals surface area contributed by atoms with Crippen molar-refractivity contribution in [2.24, 2.45) is 4.99 Å². The van der Waals surface area contributed by atoms with Crippen LogP contribution in [0.3, 0.4) is 0 Å². The number of nitrogens with one attached hydrogen (secondary N) is 2. The topological polar surface area (TPSA) is 52.5 Å². The van der Waals surface area contributed by atoms with Crippen molar-refractivity contribution in [2.75, 3.05) is 25.5 Å². The maximum absolute atomic E-state index is 6.26. The minimum Gasteiger partial charge on any atom is -0.371 e. The van der Waals surface area contributed by atoms with Crippen molar-refractivity contribution in [3.05, 3.63) is 51.5 Å². The zero-order valence-corrected chi connectivity index (χ0v) is 18.3. The quantitative estimate of drug-likeness (QED) is 0.560. The number of hydrogen-bond acceptors (Lipinski definition) is 6. The highest BCUT2D eigenvalue weighted by Crippen LogP contribution is 2.42. The summed E-state index contributed by atoms with van der Waals surface area (Å²) in [7, 11) is 2.16. The van der Waals surface area contributed by atoms with Crippen molar-refractivity contribution in [3.63, 3.8) is 0 Å². The summed E-state index contributed by atoms with van der Waals surface area (Å²) in [5.74, 6) is 0.954. The summed E-state index contributed by atoms with van der Waals surface area (Å²) in [5, 5.41) is 9.43. The molecule has 0 aliphatic carbocycles. The smallest absolute Gasteiger partial charge is 0.129 e. The Morgan fingerprint density at radius 1 is 1.17 bits per heavy atom. The van der Waals surface area contributed by atoms with Gasteiger partial charge in [-0.25, -0.2) is 9.98 Å². The first-order valence-corrected chi connectivity index (χ1v) is 11.2. The van der Waals surface area contributed by atoms with Gasteiger partial charge in [-0.15, -0.1) is 11.3 Å². The van der Waals surface area contributed by atoms with Crippen LogP contribution in [0.4, 0.5) is 11.4 Å². The van der Waals surface area contributed by atoms with E-state index in [-0.39, 0.29) is 5.54 Å². The largest absolute Gasteiger partial charge is 0.371 e. The standard InChI is InChI=1S/C21H21Cl2N5S/c1-28-8-6-21(7-9-28)20(26-16-10-13(22)14(23)11-17(16)27-21)24-12-19-25-15-4-2-3-5-18(15)29-19/h2-5,10-11,27H,6-9,12H2,1H3,(H,24,26).